The van der Waals surface area contributed by atoms with Crippen molar-refractivity contribution >= 4 is 50.0 Å². The number of carbonyl (C=O) groups excluding carboxylic acids is 2. The highest BCUT2D eigenvalue weighted by Gasteiger charge is 2.12. The molecule has 0 aliphatic rings. The van der Waals surface area contributed by atoms with E-state index in [1.807, 2.05) is 0 Å². The number of nitrogens with zero attached hydrogens (tertiary/aromatic N) is 2. The third-order valence-electron chi connectivity index (χ3n) is 5.17. The molecule has 0 radical (unpaired) electrons. The Bertz CT molecular complexity index is 1400. The molecule has 2 amide bonds. The lowest BCUT2D eigenvalue weighted by atomic mass is 10.1. The Morgan fingerprint density at radius 2 is 1.50 bits per heavy atom. The zero-order valence-electron chi connectivity index (χ0n) is 18.9. The van der Waals surface area contributed by atoms with Crippen LogP contribution in [-0.4, -0.2) is 21.8 Å². The fourth-order valence-electron chi connectivity index (χ4n) is 3.41. The summed E-state index contributed by atoms with van der Waals surface area (Å²) in [4.78, 5) is 32.6. The molecule has 2 aromatic heterocycles. The Hall–Kier alpha value is -3.92. The lowest BCUT2D eigenvalue weighted by Crippen LogP contribution is -2.13. The number of ether oxygens (including phenoxy) is 1. The van der Waals surface area contributed by atoms with Crippen molar-refractivity contribution in [3.8, 4) is 11.5 Å². The molecule has 0 aliphatic heterocycles. The van der Waals surface area contributed by atoms with E-state index in [0.29, 0.717) is 45.5 Å². The number of benzene rings is 2. The van der Waals surface area contributed by atoms with Crippen molar-refractivity contribution in [2.24, 2.45) is 0 Å². The largest absolute Gasteiger partial charge is 0.453 e. The molecular weight excluding hydrogens is 534 g/mol. The Kier molecular flexibility index (Phi) is 8.17. The first-order chi connectivity index (χ1) is 17.4. The first-order valence-corrected chi connectivity index (χ1v) is 11.9. The summed E-state index contributed by atoms with van der Waals surface area (Å²) in [5, 5.41) is 5.95. The average Bonchev–Trinajstić information content (AvgIpc) is 2.85. The zero-order chi connectivity index (χ0) is 25.5. The van der Waals surface area contributed by atoms with Crippen LogP contribution >= 0.6 is 15.9 Å². The molecule has 0 unspecified atom stereocenters. The summed E-state index contributed by atoms with van der Waals surface area (Å²) in [5.41, 5.74) is 1.45. The van der Waals surface area contributed by atoms with Crippen LogP contribution in [0.1, 0.15) is 25.7 Å². The highest BCUT2D eigenvalue weighted by atomic mass is 79.9. The van der Waals surface area contributed by atoms with Gasteiger partial charge in [-0.3, -0.25) is 14.6 Å². The zero-order valence-corrected chi connectivity index (χ0v) is 20.5. The summed E-state index contributed by atoms with van der Waals surface area (Å²) in [7, 11) is 0. The highest BCUT2D eigenvalue weighted by Crippen LogP contribution is 2.31. The number of anilines is 2. The quantitative estimate of drug-likeness (QED) is 0.179. The molecule has 2 aromatic carbocycles. The Morgan fingerprint density at radius 3 is 2.19 bits per heavy atom. The van der Waals surface area contributed by atoms with Gasteiger partial charge in [-0.05, 0) is 77.3 Å². The van der Waals surface area contributed by atoms with Crippen LogP contribution in [0.15, 0.2) is 71.6 Å². The van der Waals surface area contributed by atoms with Gasteiger partial charge in [-0.2, -0.15) is 0 Å². The molecule has 0 aliphatic carbocycles. The normalized spacial score (nSPS) is 10.8. The number of hydrogen-bond donors (Lipinski definition) is 2. The van der Waals surface area contributed by atoms with Crippen LogP contribution in [0.2, 0.25) is 0 Å². The topological polar surface area (TPSA) is 93.2 Å². The third-order valence-corrected chi connectivity index (χ3v) is 5.61. The highest BCUT2D eigenvalue weighted by molar-refractivity contribution is 9.10. The van der Waals surface area contributed by atoms with Crippen molar-refractivity contribution in [2.45, 2.75) is 25.7 Å². The molecule has 2 heterocycles. The van der Waals surface area contributed by atoms with Crippen LogP contribution < -0.4 is 15.4 Å². The lowest BCUT2D eigenvalue weighted by molar-refractivity contribution is -0.118. The number of rotatable bonds is 9. The Morgan fingerprint density at radius 1 is 0.833 bits per heavy atom. The van der Waals surface area contributed by atoms with Gasteiger partial charge in [-0.15, -0.1) is 0 Å². The first-order valence-electron chi connectivity index (χ1n) is 11.1. The monoisotopic (exact) mass is 554 g/mol. The summed E-state index contributed by atoms with van der Waals surface area (Å²) in [6.07, 6.45) is 4.51. The van der Waals surface area contributed by atoms with Crippen molar-refractivity contribution in [1.29, 1.82) is 0 Å². The lowest BCUT2D eigenvalue weighted by Gasteiger charge is -2.11. The van der Waals surface area contributed by atoms with E-state index in [2.05, 4.69) is 36.5 Å². The van der Waals surface area contributed by atoms with Crippen molar-refractivity contribution in [3.63, 3.8) is 0 Å². The number of nitrogens with one attached hydrogen (secondary N) is 2. The summed E-state index contributed by atoms with van der Waals surface area (Å²) >= 11 is 3.29. The number of fused-ring (bicyclic) bond motifs is 1. The molecule has 0 spiro atoms. The fraction of sp³-hybridized carbons (Fsp3) is 0.154. The smallest absolute Gasteiger partial charge is 0.224 e. The molecule has 4 aromatic rings. The van der Waals surface area contributed by atoms with E-state index in [1.165, 1.54) is 36.4 Å². The van der Waals surface area contributed by atoms with Crippen molar-refractivity contribution in [1.82, 2.24) is 9.97 Å². The predicted molar refractivity (Wildman–Crippen MR) is 136 cm³/mol. The second-order valence-corrected chi connectivity index (χ2v) is 8.70. The van der Waals surface area contributed by atoms with E-state index in [0.717, 1.165) is 0 Å². The molecule has 184 valence electrons. The Balaban J connectivity index is 1.25. The molecule has 0 saturated carbocycles. The number of unbranched alkanes of at least 4 members (excludes halogenated alkanes) is 1. The molecule has 7 nitrogen and oxygen atoms in total. The van der Waals surface area contributed by atoms with Crippen LogP contribution in [0.4, 0.5) is 20.2 Å². The number of halogens is 3. The Labute approximate surface area is 214 Å². The number of amides is 2. The molecule has 0 atom stereocenters. The molecule has 10 heteroatoms. The van der Waals surface area contributed by atoms with Crippen LogP contribution in [0.5, 0.6) is 11.5 Å². The van der Waals surface area contributed by atoms with Crippen molar-refractivity contribution in [2.75, 3.05) is 10.6 Å². The minimum Gasteiger partial charge on any atom is -0.453 e. The van der Waals surface area contributed by atoms with Gasteiger partial charge < -0.3 is 15.4 Å². The van der Waals surface area contributed by atoms with Gasteiger partial charge in [0.2, 0.25) is 11.8 Å². The maximum Gasteiger partial charge on any atom is 0.224 e. The van der Waals surface area contributed by atoms with Crippen molar-refractivity contribution < 1.29 is 23.1 Å². The SMILES string of the molecule is O=C(CCCCC(=O)Nc1ccc(Oc2ccnc3cc(Br)ncc23)c(F)c1)Nc1ccc(F)cc1. The van der Waals surface area contributed by atoms with E-state index in [9.17, 15) is 18.4 Å². The second-order valence-electron chi connectivity index (χ2n) is 7.89. The molecule has 36 heavy (non-hydrogen) atoms. The second kappa shape index (κ2) is 11.7. The number of hydrogen-bond acceptors (Lipinski definition) is 5. The van der Waals surface area contributed by atoms with E-state index < -0.39 is 5.82 Å². The van der Waals surface area contributed by atoms with Gasteiger partial charge in [-0.25, -0.2) is 13.8 Å². The standard InChI is InChI=1S/C26H21BrF2N4O3/c27-24-14-21-19(15-31-24)22(11-12-30-21)36-23-10-9-18(13-20(23)29)33-26(35)4-2-1-3-25(34)32-17-7-5-16(28)6-8-17/h5-15H,1-4H2,(H,32,34)(H,33,35). The summed E-state index contributed by atoms with van der Waals surface area (Å²) < 4.78 is 33.9. The number of carbonyl (C=O) groups is 2. The van der Waals surface area contributed by atoms with Gasteiger partial charge >= 0.3 is 0 Å². The van der Waals surface area contributed by atoms with Crippen LogP contribution in [-0.2, 0) is 9.59 Å². The first kappa shape index (κ1) is 25.2. The van der Waals surface area contributed by atoms with E-state index in [4.69, 9.17) is 4.74 Å². The maximum atomic E-state index is 14.7. The van der Waals surface area contributed by atoms with Gasteiger partial charge in [-0.1, -0.05) is 0 Å². The van der Waals surface area contributed by atoms with Crippen LogP contribution in [0, 0.1) is 11.6 Å². The maximum absolute atomic E-state index is 14.7. The van der Waals surface area contributed by atoms with Crippen LogP contribution in [0.25, 0.3) is 10.9 Å². The van der Waals surface area contributed by atoms with Gasteiger partial charge in [0.25, 0.3) is 0 Å². The predicted octanol–water partition coefficient (Wildman–Crippen LogP) is 6.60. The molecule has 0 bridgehead atoms. The van der Waals surface area contributed by atoms with Gasteiger partial charge in [0, 0.05) is 42.7 Å². The minimum atomic E-state index is -0.639. The van der Waals surface area contributed by atoms with Gasteiger partial charge in [0.1, 0.15) is 16.2 Å². The molecule has 2 N–H and O–H groups in total. The summed E-state index contributed by atoms with van der Waals surface area (Å²) in [6, 6.07) is 13.0. The van der Waals surface area contributed by atoms with Gasteiger partial charge in [0.05, 0.1) is 10.9 Å². The number of pyridine rings is 2. The van der Waals surface area contributed by atoms with Crippen molar-refractivity contribution in [3.05, 3.63) is 83.2 Å². The van der Waals surface area contributed by atoms with E-state index >= 15 is 0 Å². The minimum absolute atomic E-state index is 0.00409. The summed E-state index contributed by atoms with van der Waals surface area (Å²) in [5.74, 6) is -1.13. The fourth-order valence-corrected chi connectivity index (χ4v) is 3.73. The third kappa shape index (κ3) is 6.82. The van der Waals surface area contributed by atoms with E-state index in [-0.39, 0.29) is 36.2 Å². The summed E-state index contributed by atoms with van der Waals surface area (Å²) in [6.45, 7) is 0. The van der Waals surface area contributed by atoms with Crippen LogP contribution in [0.3, 0.4) is 0 Å². The molecule has 4 rings (SSSR count). The number of aromatic nitrogens is 2. The molecule has 0 saturated heterocycles. The molecule has 0 fully saturated rings. The van der Waals surface area contributed by atoms with E-state index in [1.54, 1.807) is 30.6 Å². The average molecular weight is 555 g/mol. The molecular formula is C26H21BrF2N4O3. The van der Waals surface area contributed by atoms with Gasteiger partial charge in [0.15, 0.2) is 11.6 Å².